The lowest BCUT2D eigenvalue weighted by Crippen LogP contribution is -1.80. The van der Waals surface area contributed by atoms with E-state index in [9.17, 15) is 0 Å². The van der Waals surface area contributed by atoms with Gasteiger partial charge in [-0.1, -0.05) is 70.9 Å². The van der Waals surface area contributed by atoms with Crippen molar-refractivity contribution < 1.29 is 0 Å². The fourth-order valence-corrected chi connectivity index (χ4v) is 1.57. The minimum atomic E-state index is 1.09. The number of unbranched alkanes of at least 4 members (excludes halogenated alkanes) is 9. The first kappa shape index (κ1) is 12.7. The second kappa shape index (κ2) is 11.7. The maximum absolute atomic E-state index is 5.30. The Balaban J connectivity index is 2.79. The smallest absolute Gasteiger partial charge is 0.0348 e. The summed E-state index contributed by atoms with van der Waals surface area (Å²) in [5, 5.41) is 0. The quantitative estimate of drug-likeness (QED) is 0.421. The van der Waals surface area contributed by atoms with Crippen LogP contribution in [0.3, 0.4) is 0 Å². The summed E-state index contributed by atoms with van der Waals surface area (Å²) in [6.07, 6.45) is 15.4. The largest absolute Gasteiger partial charge is 0.0845 e. The van der Waals surface area contributed by atoms with Crippen molar-refractivity contribution >= 4 is 0 Å². The molecular weight excluding hydrogens is 156 g/mol. The van der Waals surface area contributed by atoms with E-state index in [1.807, 2.05) is 0 Å². The van der Waals surface area contributed by atoms with Gasteiger partial charge in [-0.2, -0.15) is 0 Å². The number of rotatable bonds is 10. The molecule has 0 aromatic carbocycles. The molecule has 0 atom stereocenters. The van der Waals surface area contributed by atoms with Crippen LogP contribution in [0.4, 0.5) is 0 Å². The van der Waals surface area contributed by atoms with Crippen molar-refractivity contribution in [2.45, 2.75) is 71.1 Å². The second-order valence-electron chi connectivity index (χ2n) is 3.85. The molecule has 0 aromatic rings. The Labute approximate surface area is 84.4 Å². The summed E-state index contributed by atoms with van der Waals surface area (Å²) in [7, 11) is 0. The first-order valence-electron chi connectivity index (χ1n) is 5.95. The highest BCUT2D eigenvalue weighted by Crippen LogP contribution is 2.10. The molecule has 0 amide bonds. The molecule has 0 rings (SSSR count). The minimum absolute atomic E-state index is 1.09. The molecule has 0 saturated heterocycles. The highest BCUT2D eigenvalue weighted by atomic mass is 14.0. The van der Waals surface area contributed by atoms with Gasteiger partial charge in [0.15, 0.2) is 0 Å². The van der Waals surface area contributed by atoms with E-state index < -0.39 is 0 Å². The predicted molar refractivity (Wildman–Crippen MR) is 60.7 cm³/mol. The molecule has 0 spiro atoms. The molecule has 0 fully saturated rings. The van der Waals surface area contributed by atoms with E-state index in [0.29, 0.717) is 0 Å². The molecule has 0 aromatic heterocycles. The number of allylic oxidation sites excluding steroid dienone is 1. The monoisotopic (exact) mass is 181 g/mol. The first-order chi connectivity index (χ1) is 6.41. The molecule has 13 heavy (non-hydrogen) atoms. The predicted octanol–water partition coefficient (Wildman–Crippen LogP) is 4.90. The van der Waals surface area contributed by atoms with Gasteiger partial charge in [0, 0.05) is 0 Å². The van der Waals surface area contributed by atoms with Crippen LogP contribution in [-0.4, -0.2) is 0 Å². The van der Waals surface area contributed by atoms with Crippen LogP contribution in [-0.2, 0) is 0 Å². The molecule has 0 nitrogen and oxygen atoms in total. The Morgan fingerprint density at radius 1 is 0.769 bits per heavy atom. The van der Waals surface area contributed by atoms with Crippen LogP contribution in [0.2, 0.25) is 0 Å². The van der Waals surface area contributed by atoms with Crippen LogP contribution >= 0.6 is 0 Å². The van der Waals surface area contributed by atoms with Crippen LogP contribution in [0.1, 0.15) is 71.1 Å². The summed E-state index contributed by atoms with van der Waals surface area (Å²) in [6.45, 7) is 7.57. The fourth-order valence-electron chi connectivity index (χ4n) is 1.57. The highest BCUT2D eigenvalue weighted by Gasteiger charge is 1.90. The number of hydrogen-bond acceptors (Lipinski definition) is 0. The Morgan fingerprint density at radius 3 is 1.69 bits per heavy atom. The zero-order chi connectivity index (χ0) is 9.78. The third-order valence-corrected chi connectivity index (χ3v) is 2.47. The lowest BCUT2D eigenvalue weighted by molar-refractivity contribution is 0.566. The molecular formula is C13H25. The molecule has 0 saturated carbocycles. The van der Waals surface area contributed by atoms with Crippen molar-refractivity contribution in [2.24, 2.45) is 0 Å². The van der Waals surface area contributed by atoms with Crippen LogP contribution < -0.4 is 0 Å². The van der Waals surface area contributed by atoms with E-state index in [4.69, 9.17) is 6.58 Å². The minimum Gasteiger partial charge on any atom is -0.0845 e. The van der Waals surface area contributed by atoms with Gasteiger partial charge in [-0.25, -0.2) is 0 Å². The summed E-state index contributed by atoms with van der Waals surface area (Å²) in [4.78, 5) is 0. The van der Waals surface area contributed by atoms with Gasteiger partial charge in [0.05, 0.1) is 0 Å². The highest BCUT2D eigenvalue weighted by molar-refractivity contribution is 4.61. The summed E-state index contributed by atoms with van der Waals surface area (Å²) in [5.74, 6) is 0. The van der Waals surface area contributed by atoms with Crippen LogP contribution in [0.15, 0.2) is 6.08 Å². The Morgan fingerprint density at radius 2 is 1.23 bits per heavy atom. The number of hydrogen-bond donors (Lipinski definition) is 0. The molecule has 0 aliphatic heterocycles. The molecule has 0 heterocycles. The summed E-state index contributed by atoms with van der Waals surface area (Å²) < 4.78 is 0. The molecule has 1 radical (unpaired) electrons. The lowest BCUT2D eigenvalue weighted by atomic mass is 10.1. The van der Waals surface area contributed by atoms with Crippen molar-refractivity contribution in [1.82, 2.24) is 0 Å². The Hall–Kier alpha value is -0.260. The first-order valence-corrected chi connectivity index (χ1v) is 5.95. The molecule has 0 bridgehead atoms. The molecule has 77 valence electrons. The fraction of sp³-hybridized carbons (Fsp3) is 0.846. The zero-order valence-corrected chi connectivity index (χ0v) is 9.23. The summed E-state index contributed by atoms with van der Waals surface area (Å²) >= 11 is 0. The SMILES string of the molecule is [CH]=CCCCCCCCCCCC. The van der Waals surface area contributed by atoms with E-state index in [1.54, 1.807) is 6.08 Å². The third kappa shape index (κ3) is 11.7. The Bertz CT molecular complexity index is 94.2. The van der Waals surface area contributed by atoms with Crippen LogP contribution in [0.25, 0.3) is 0 Å². The third-order valence-electron chi connectivity index (χ3n) is 2.47. The van der Waals surface area contributed by atoms with Crippen molar-refractivity contribution in [3.05, 3.63) is 12.7 Å². The van der Waals surface area contributed by atoms with Gasteiger partial charge < -0.3 is 0 Å². The summed E-state index contributed by atoms with van der Waals surface area (Å²) in [6, 6.07) is 0. The zero-order valence-electron chi connectivity index (χ0n) is 9.23. The second-order valence-corrected chi connectivity index (χ2v) is 3.85. The maximum Gasteiger partial charge on any atom is -0.0348 e. The maximum atomic E-state index is 5.30. The van der Waals surface area contributed by atoms with E-state index in [-0.39, 0.29) is 0 Å². The van der Waals surface area contributed by atoms with Gasteiger partial charge in [0.1, 0.15) is 0 Å². The standard InChI is InChI=1S/C13H25/c1-3-5-7-9-11-13-12-10-8-6-4-2/h1,3H,4-13H2,2H3. The van der Waals surface area contributed by atoms with Gasteiger partial charge in [-0.05, 0) is 12.8 Å². The van der Waals surface area contributed by atoms with Gasteiger partial charge in [-0.15, -0.1) is 0 Å². The molecule has 0 unspecified atom stereocenters. The van der Waals surface area contributed by atoms with E-state index in [0.717, 1.165) is 6.42 Å². The van der Waals surface area contributed by atoms with E-state index in [1.165, 1.54) is 57.8 Å². The van der Waals surface area contributed by atoms with Crippen molar-refractivity contribution in [3.8, 4) is 0 Å². The average molecular weight is 181 g/mol. The molecule has 0 aliphatic rings. The average Bonchev–Trinajstić information content (AvgIpc) is 2.16. The van der Waals surface area contributed by atoms with E-state index >= 15 is 0 Å². The van der Waals surface area contributed by atoms with Gasteiger partial charge >= 0.3 is 0 Å². The Kier molecular flexibility index (Phi) is 11.5. The summed E-state index contributed by atoms with van der Waals surface area (Å²) in [5.41, 5.74) is 0. The van der Waals surface area contributed by atoms with Crippen LogP contribution in [0, 0.1) is 6.58 Å². The van der Waals surface area contributed by atoms with Gasteiger partial charge in [0.2, 0.25) is 0 Å². The topological polar surface area (TPSA) is 0 Å². The lowest BCUT2D eigenvalue weighted by Gasteiger charge is -2.00. The molecule has 0 aliphatic carbocycles. The van der Waals surface area contributed by atoms with Crippen molar-refractivity contribution in [2.75, 3.05) is 0 Å². The molecule has 0 N–H and O–H groups in total. The molecule has 0 heteroatoms. The van der Waals surface area contributed by atoms with E-state index in [2.05, 4.69) is 6.92 Å². The normalized spacial score (nSPS) is 10.2. The van der Waals surface area contributed by atoms with Crippen LogP contribution in [0.5, 0.6) is 0 Å². The van der Waals surface area contributed by atoms with Crippen molar-refractivity contribution in [3.63, 3.8) is 0 Å². The van der Waals surface area contributed by atoms with Gasteiger partial charge in [0.25, 0.3) is 0 Å². The van der Waals surface area contributed by atoms with Gasteiger partial charge in [-0.3, -0.25) is 0 Å². The van der Waals surface area contributed by atoms with Crippen molar-refractivity contribution in [1.29, 1.82) is 0 Å².